The van der Waals surface area contributed by atoms with E-state index < -0.39 is 11.0 Å². The van der Waals surface area contributed by atoms with Crippen LogP contribution in [0.2, 0.25) is 5.02 Å². The number of hydrogen-bond donors (Lipinski definition) is 2. The van der Waals surface area contributed by atoms with Crippen LogP contribution in [0.25, 0.3) is 10.9 Å². The van der Waals surface area contributed by atoms with Crippen molar-refractivity contribution in [2.75, 3.05) is 11.8 Å². The number of fused-ring (bicyclic) bond motifs is 1. The van der Waals surface area contributed by atoms with Crippen molar-refractivity contribution >= 4 is 55.4 Å². The van der Waals surface area contributed by atoms with Crippen molar-refractivity contribution in [3.63, 3.8) is 0 Å². The first-order chi connectivity index (χ1) is 12.5. The van der Waals surface area contributed by atoms with Crippen molar-refractivity contribution in [1.29, 1.82) is 0 Å². The normalized spacial score (nSPS) is 15.2. The zero-order valence-corrected chi connectivity index (χ0v) is 17.0. The Hall–Kier alpha value is -1.64. The molecule has 1 atom stereocenters. The minimum atomic E-state index is -1.53. The molecule has 1 saturated carbocycles. The number of aromatic nitrogens is 3. The van der Waals surface area contributed by atoms with Gasteiger partial charge in [0.15, 0.2) is 11.0 Å². The first kappa shape index (κ1) is 17.8. The lowest BCUT2D eigenvalue weighted by Crippen LogP contribution is -2.10. The second-order valence-corrected chi connectivity index (χ2v) is 8.59. The number of aromatic amines is 1. The van der Waals surface area contributed by atoms with E-state index in [0.717, 1.165) is 27.5 Å². The van der Waals surface area contributed by atoms with E-state index in [1.807, 2.05) is 6.07 Å². The van der Waals surface area contributed by atoms with Crippen molar-refractivity contribution in [3.8, 4) is 5.88 Å². The third kappa shape index (κ3) is 3.58. The minimum Gasteiger partial charge on any atom is -0.480 e. The Labute approximate surface area is 166 Å². The summed E-state index contributed by atoms with van der Waals surface area (Å²) in [4.78, 5) is 12.5. The van der Waals surface area contributed by atoms with Gasteiger partial charge < -0.3 is 9.72 Å². The fourth-order valence-corrected chi connectivity index (χ4v) is 4.33. The molecule has 9 heteroatoms. The highest BCUT2D eigenvalue weighted by Crippen LogP contribution is 2.36. The van der Waals surface area contributed by atoms with Gasteiger partial charge >= 0.3 is 0 Å². The van der Waals surface area contributed by atoms with Crippen LogP contribution < -0.4 is 9.46 Å². The molecule has 2 heterocycles. The van der Waals surface area contributed by atoms with Crippen molar-refractivity contribution < 1.29 is 8.95 Å². The molecular formula is C17H16BrClN4O2S. The van der Waals surface area contributed by atoms with Crippen LogP contribution in [0.15, 0.2) is 33.8 Å². The number of nitrogens with one attached hydrogen (secondary N) is 2. The Bertz CT molecular complexity index is 1010. The van der Waals surface area contributed by atoms with Gasteiger partial charge in [-0.1, -0.05) is 17.7 Å². The fourth-order valence-electron chi connectivity index (χ4n) is 2.75. The molecule has 0 spiro atoms. The van der Waals surface area contributed by atoms with E-state index in [0.29, 0.717) is 21.7 Å². The molecule has 136 valence electrons. The average molecular weight is 456 g/mol. The van der Waals surface area contributed by atoms with Crippen LogP contribution in [0.5, 0.6) is 5.88 Å². The number of halogens is 2. The first-order valence-electron chi connectivity index (χ1n) is 8.10. The van der Waals surface area contributed by atoms with E-state index in [1.165, 1.54) is 12.8 Å². The van der Waals surface area contributed by atoms with Gasteiger partial charge in [0.1, 0.15) is 4.47 Å². The fraction of sp³-hybridized carbons (Fsp3) is 0.294. The van der Waals surface area contributed by atoms with Crippen LogP contribution in [-0.2, 0) is 17.4 Å². The van der Waals surface area contributed by atoms with E-state index >= 15 is 0 Å². The van der Waals surface area contributed by atoms with Gasteiger partial charge in [0, 0.05) is 22.1 Å². The topological polar surface area (TPSA) is 79.9 Å². The van der Waals surface area contributed by atoms with Crippen LogP contribution in [-0.4, -0.2) is 26.3 Å². The van der Waals surface area contributed by atoms with E-state index in [4.69, 9.17) is 16.3 Å². The Morgan fingerprint density at radius 3 is 2.96 bits per heavy atom. The lowest BCUT2D eigenvalue weighted by atomic mass is 10.2. The summed E-state index contributed by atoms with van der Waals surface area (Å²) in [5.74, 6) is 1.37. The Balaban J connectivity index is 1.63. The number of H-pyrrole nitrogens is 1. The molecule has 2 N–H and O–H groups in total. The molecule has 26 heavy (non-hydrogen) atoms. The van der Waals surface area contributed by atoms with Gasteiger partial charge in [-0.3, -0.25) is 4.72 Å². The first-order valence-corrected chi connectivity index (χ1v) is 10.4. The Kier molecular flexibility index (Phi) is 4.90. The number of methoxy groups -OCH3 is 1. The van der Waals surface area contributed by atoms with E-state index in [2.05, 4.69) is 35.6 Å². The van der Waals surface area contributed by atoms with Crippen LogP contribution in [0.1, 0.15) is 18.5 Å². The van der Waals surface area contributed by atoms with E-state index in [-0.39, 0.29) is 5.95 Å². The lowest BCUT2D eigenvalue weighted by molar-refractivity contribution is 0.393. The van der Waals surface area contributed by atoms with E-state index in [1.54, 1.807) is 25.4 Å². The Morgan fingerprint density at radius 1 is 1.42 bits per heavy atom. The number of nitrogens with zero attached hydrogens (tertiary/aromatic N) is 2. The predicted octanol–water partition coefficient (Wildman–Crippen LogP) is 4.47. The predicted molar refractivity (Wildman–Crippen MR) is 106 cm³/mol. The zero-order valence-electron chi connectivity index (χ0n) is 13.9. The molecule has 4 rings (SSSR count). The van der Waals surface area contributed by atoms with E-state index in [9.17, 15) is 4.21 Å². The molecule has 1 aromatic carbocycles. The molecular weight excluding hydrogens is 440 g/mol. The lowest BCUT2D eigenvalue weighted by Gasteiger charge is -2.11. The summed E-state index contributed by atoms with van der Waals surface area (Å²) in [7, 11) is 0.0269. The van der Waals surface area contributed by atoms with Gasteiger partial charge in [-0.15, -0.1) is 0 Å². The monoisotopic (exact) mass is 454 g/mol. The van der Waals surface area contributed by atoms with Crippen molar-refractivity contribution in [3.05, 3.63) is 39.6 Å². The van der Waals surface area contributed by atoms with Crippen LogP contribution in [0.3, 0.4) is 0 Å². The number of rotatable bonds is 6. The number of benzene rings is 1. The van der Waals surface area contributed by atoms with Crippen LogP contribution in [0, 0.1) is 5.92 Å². The van der Waals surface area contributed by atoms with Gasteiger partial charge in [0.25, 0.3) is 0 Å². The highest BCUT2D eigenvalue weighted by atomic mass is 79.9. The maximum atomic E-state index is 12.8. The highest BCUT2D eigenvalue weighted by molar-refractivity contribution is 9.10. The molecule has 1 fully saturated rings. The summed E-state index contributed by atoms with van der Waals surface area (Å²) in [6.45, 7) is 0. The number of ether oxygens (including phenoxy) is 1. The summed E-state index contributed by atoms with van der Waals surface area (Å²) in [6, 6.07) is 5.40. The quantitative estimate of drug-likeness (QED) is 0.575. The van der Waals surface area contributed by atoms with Gasteiger partial charge in [-0.25, -0.2) is 9.19 Å². The largest absolute Gasteiger partial charge is 0.480 e. The Morgan fingerprint density at radius 2 is 2.23 bits per heavy atom. The maximum absolute atomic E-state index is 12.8. The summed E-state index contributed by atoms with van der Waals surface area (Å²) in [6.07, 6.45) is 4.98. The maximum Gasteiger partial charge on any atom is 0.238 e. The molecule has 0 bridgehead atoms. The molecule has 6 nitrogen and oxygen atoms in total. The number of anilines is 1. The second-order valence-electron chi connectivity index (χ2n) is 6.18. The molecule has 1 aliphatic carbocycles. The summed E-state index contributed by atoms with van der Waals surface area (Å²) in [5, 5.41) is 1.46. The minimum absolute atomic E-state index is 0.280. The molecule has 1 unspecified atom stereocenters. The summed E-state index contributed by atoms with van der Waals surface area (Å²) < 4.78 is 21.8. The van der Waals surface area contributed by atoms with Crippen molar-refractivity contribution in [2.45, 2.75) is 24.2 Å². The highest BCUT2D eigenvalue weighted by Gasteiger charge is 2.25. The molecule has 0 aliphatic heterocycles. The van der Waals surface area contributed by atoms with Gasteiger partial charge in [0.05, 0.1) is 17.7 Å². The molecule has 0 saturated heterocycles. The van der Waals surface area contributed by atoms with Crippen LogP contribution in [0.4, 0.5) is 5.95 Å². The zero-order chi connectivity index (χ0) is 18.3. The van der Waals surface area contributed by atoms with Gasteiger partial charge in [0.2, 0.25) is 11.8 Å². The second kappa shape index (κ2) is 7.17. The summed E-state index contributed by atoms with van der Waals surface area (Å²) in [5.41, 5.74) is 1.69. The average Bonchev–Trinajstić information content (AvgIpc) is 3.33. The SMILES string of the molecule is COc1nc(NS(=O)c2c[nH]c3cc(Cl)ccc23)nc(CC2CC2)c1Br. The third-order valence-electron chi connectivity index (χ3n) is 4.25. The number of hydrogen-bond acceptors (Lipinski definition) is 4. The molecule has 3 aromatic rings. The van der Waals surface area contributed by atoms with Gasteiger partial charge in [-0.05, 0) is 53.2 Å². The van der Waals surface area contributed by atoms with Crippen LogP contribution >= 0.6 is 27.5 Å². The van der Waals surface area contributed by atoms with Gasteiger partial charge in [-0.2, -0.15) is 4.98 Å². The molecule has 0 radical (unpaired) electrons. The third-order valence-corrected chi connectivity index (χ3v) is 6.39. The van der Waals surface area contributed by atoms with Crippen molar-refractivity contribution in [1.82, 2.24) is 15.0 Å². The smallest absolute Gasteiger partial charge is 0.238 e. The molecule has 0 amide bonds. The molecule has 2 aromatic heterocycles. The summed E-state index contributed by atoms with van der Waals surface area (Å²) >= 11 is 9.50. The molecule has 1 aliphatic rings. The van der Waals surface area contributed by atoms with Crippen molar-refractivity contribution in [2.24, 2.45) is 5.92 Å². The standard InChI is InChI=1S/C17H16BrClN4O2S/c1-25-16-15(18)13(6-9-2-3-9)21-17(22-16)23-26(24)14-8-20-12-7-10(19)4-5-11(12)14/h4-5,7-9,20H,2-3,6H2,1H3,(H,21,22,23).